The number of aliphatic hydroxyl groups is 1. The van der Waals surface area contributed by atoms with Gasteiger partial charge in [0.1, 0.15) is 5.60 Å². The first-order valence-corrected chi connectivity index (χ1v) is 6.50. The molecule has 0 aliphatic rings. The van der Waals surface area contributed by atoms with Gasteiger partial charge in [-0.1, -0.05) is 23.7 Å². The lowest BCUT2D eigenvalue weighted by molar-refractivity contribution is 0.0436. The summed E-state index contributed by atoms with van der Waals surface area (Å²) in [5.41, 5.74) is 0.0845. The van der Waals surface area contributed by atoms with Gasteiger partial charge in [-0.2, -0.15) is 0 Å². The number of carbonyl (C=O) groups is 1. The summed E-state index contributed by atoms with van der Waals surface area (Å²) in [5, 5.41) is 13.3. The minimum absolute atomic E-state index is 0.478. The van der Waals surface area contributed by atoms with Crippen LogP contribution in [0.25, 0.3) is 0 Å². The van der Waals surface area contributed by atoms with Crippen LogP contribution in [0.15, 0.2) is 24.3 Å². The van der Waals surface area contributed by atoms with Crippen LogP contribution in [0.5, 0.6) is 0 Å². The van der Waals surface area contributed by atoms with Crippen LogP contribution >= 0.6 is 11.6 Å². The standard InChI is InChI=1S/C14H20ClNO3/c1-9(16-13(18)19-14(2,3)4)12(17)10-6-5-7-11(15)8-10/h5-9,12,17H,1-4H3,(H,16,18)/t9-,12-/m1/s1. The van der Waals surface area contributed by atoms with Crippen molar-refractivity contribution in [3.63, 3.8) is 0 Å². The van der Waals surface area contributed by atoms with Crippen molar-refractivity contribution in [2.75, 3.05) is 0 Å². The molecule has 2 N–H and O–H groups in total. The number of hydrogen-bond acceptors (Lipinski definition) is 3. The van der Waals surface area contributed by atoms with E-state index in [-0.39, 0.29) is 0 Å². The number of ether oxygens (including phenoxy) is 1. The van der Waals surface area contributed by atoms with Crippen LogP contribution < -0.4 is 5.32 Å². The number of nitrogens with one attached hydrogen (secondary N) is 1. The third-order valence-corrected chi connectivity index (χ3v) is 2.64. The Morgan fingerprint density at radius 3 is 2.58 bits per heavy atom. The molecule has 0 radical (unpaired) electrons. The summed E-state index contributed by atoms with van der Waals surface area (Å²) in [7, 11) is 0. The molecule has 0 spiro atoms. The summed E-state index contributed by atoms with van der Waals surface area (Å²) in [5.74, 6) is 0. The Bertz CT molecular complexity index is 443. The fourth-order valence-electron chi connectivity index (χ4n) is 1.55. The molecule has 0 fully saturated rings. The average molecular weight is 286 g/mol. The fourth-order valence-corrected chi connectivity index (χ4v) is 1.75. The molecule has 0 heterocycles. The molecule has 0 aliphatic heterocycles. The molecule has 1 rings (SSSR count). The van der Waals surface area contributed by atoms with E-state index in [1.165, 1.54) is 0 Å². The minimum Gasteiger partial charge on any atom is -0.444 e. The van der Waals surface area contributed by atoms with Gasteiger partial charge in [0.2, 0.25) is 0 Å². The molecule has 5 heteroatoms. The second-order valence-electron chi connectivity index (χ2n) is 5.43. The molecular weight excluding hydrogens is 266 g/mol. The molecule has 2 atom stereocenters. The highest BCUT2D eigenvalue weighted by atomic mass is 35.5. The van der Waals surface area contributed by atoms with Gasteiger partial charge in [-0.3, -0.25) is 0 Å². The predicted molar refractivity (Wildman–Crippen MR) is 75.2 cm³/mol. The SMILES string of the molecule is C[C@@H](NC(=O)OC(C)(C)C)[C@@H](O)c1cccc(Cl)c1. The Hall–Kier alpha value is -1.26. The maximum atomic E-state index is 11.6. The molecule has 19 heavy (non-hydrogen) atoms. The predicted octanol–water partition coefficient (Wildman–Crippen LogP) is 3.29. The van der Waals surface area contributed by atoms with Gasteiger partial charge in [0.05, 0.1) is 12.1 Å². The van der Waals surface area contributed by atoms with Crippen molar-refractivity contribution in [3.05, 3.63) is 34.9 Å². The smallest absolute Gasteiger partial charge is 0.407 e. The maximum Gasteiger partial charge on any atom is 0.407 e. The van der Waals surface area contributed by atoms with Crippen LogP contribution in [0.1, 0.15) is 39.4 Å². The van der Waals surface area contributed by atoms with Gasteiger partial charge < -0.3 is 15.2 Å². The molecule has 0 aliphatic carbocycles. The summed E-state index contributed by atoms with van der Waals surface area (Å²) < 4.78 is 5.13. The van der Waals surface area contributed by atoms with Crippen LogP contribution in [-0.4, -0.2) is 22.8 Å². The maximum absolute atomic E-state index is 11.6. The third-order valence-electron chi connectivity index (χ3n) is 2.41. The number of amides is 1. The summed E-state index contributed by atoms with van der Waals surface area (Å²) in [4.78, 5) is 11.6. The number of hydrogen-bond donors (Lipinski definition) is 2. The number of alkyl carbamates (subject to hydrolysis) is 1. The van der Waals surface area contributed by atoms with Gasteiger partial charge in [-0.25, -0.2) is 4.79 Å². The molecule has 1 aromatic rings. The van der Waals surface area contributed by atoms with Gasteiger partial charge in [-0.15, -0.1) is 0 Å². The number of aliphatic hydroxyl groups excluding tert-OH is 1. The Labute approximate surface area is 118 Å². The Morgan fingerprint density at radius 1 is 1.42 bits per heavy atom. The average Bonchev–Trinajstić information content (AvgIpc) is 2.25. The van der Waals surface area contributed by atoms with E-state index < -0.39 is 23.8 Å². The lowest BCUT2D eigenvalue weighted by Gasteiger charge is -2.24. The molecule has 0 unspecified atom stereocenters. The molecule has 4 nitrogen and oxygen atoms in total. The van der Waals surface area contributed by atoms with Crippen LogP contribution in [0.3, 0.4) is 0 Å². The Kier molecular flexibility index (Phi) is 5.20. The van der Waals surface area contributed by atoms with Gasteiger partial charge in [0.25, 0.3) is 0 Å². The summed E-state index contributed by atoms with van der Waals surface area (Å²) >= 11 is 5.86. The zero-order chi connectivity index (χ0) is 14.6. The van der Waals surface area contributed by atoms with Crippen LogP contribution in [0.4, 0.5) is 4.79 Å². The molecular formula is C14H20ClNO3. The van der Waals surface area contributed by atoms with E-state index in [9.17, 15) is 9.90 Å². The van der Waals surface area contributed by atoms with Crippen molar-refractivity contribution in [1.82, 2.24) is 5.32 Å². The first-order chi connectivity index (χ1) is 8.69. The molecule has 0 aromatic heterocycles. The molecule has 0 saturated heterocycles. The monoisotopic (exact) mass is 285 g/mol. The first kappa shape index (κ1) is 15.8. The highest BCUT2D eigenvalue weighted by Gasteiger charge is 2.22. The van der Waals surface area contributed by atoms with Gasteiger partial charge in [0, 0.05) is 5.02 Å². The number of rotatable bonds is 3. The van der Waals surface area contributed by atoms with Crippen LogP contribution in [-0.2, 0) is 4.74 Å². The first-order valence-electron chi connectivity index (χ1n) is 6.12. The quantitative estimate of drug-likeness (QED) is 0.896. The van der Waals surface area contributed by atoms with E-state index in [4.69, 9.17) is 16.3 Å². The van der Waals surface area contributed by atoms with Crippen molar-refractivity contribution in [2.24, 2.45) is 0 Å². The van der Waals surface area contributed by atoms with Crippen molar-refractivity contribution in [1.29, 1.82) is 0 Å². The molecule has 0 bridgehead atoms. The van der Waals surface area contributed by atoms with E-state index in [0.717, 1.165) is 0 Å². The van der Waals surface area contributed by atoms with E-state index in [0.29, 0.717) is 10.6 Å². The zero-order valence-corrected chi connectivity index (χ0v) is 12.4. The van der Waals surface area contributed by atoms with E-state index in [1.807, 2.05) is 0 Å². The largest absolute Gasteiger partial charge is 0.444 e. The van der Waals surface area contributed by atoms with E-state index in [2.05, 4.69) is 5.32 Å². The van der Waals surface area contributed by atoms with Crippen molar-refractivity contribution >= 4 is 17.7 Å². The Balaban J connectivity index is 2.63. The normalized spacial score (nSPS) is 14.6. The topological polar surface area (TPSA) is 58.6 Å². The second kappa shape index (κ2) is 6.26. The molecule has 106 valence electrons. The van der Waals surface area contributed by atoms with E-state index in [1.54, 1.807) is 52.0 Å². The van der Waals surface area contributed by atoms with Crippen LogP contribution in [0, 0.1) is 0 Å². The highest BCUT2D eigenvalue weighted by Crippen LogP contribution is 2.20. The summed E-state index contributed by atoms with van der Waals surface area (Å²) in [6.07, 6.45) is -1.40. The highest BCUT2D eigenvalue weighted by molar-refractivity contribution is 6.30. The van der Waals surface area contributed by atoms with Crippen LogP contribution in [0.2, 0.25) is 5.02 Å². The molecule has 0 saturated carbocycles. The lowest BCUT2D eigenvalue weighted by Crippen LogP contribution is -2.40. The minimum atomic E-state index is -0.841. The van der Waals surface area contributed by atoms with Gasteiger partial charge in [-0.05, 0) is 45.4 Å². The van der Waals surface area contributed by atoms with Crippen molar-refractivity contribution < 1.29 is 14.6 Å². The molecule has 1 amide bonds. The lowest BCUT2D eigenvalue weighted by atomic mass is 10.0. The fraction of sp³-hybridized carbons (Fsp3) is 0.500. The summed E-state index contributed by atoms with van der Waals surface area (Å²) in [6.45, 7) is 7.05. The van der Waals surface area contributed by atoms with Gasteiger partial charge in [0.15, 0.2) is 0 Å². The summed E-state index contributed by atoms with van der Waals surface area (Å²) in [6, 6.07) is 6.42. The Morgan fingerprint density at radius 2 is 2.05 bits per heavy atom. The third kappa shape index (κ3) is 5.49. The molecule has 1 aromatic carbocycles. The van der Waals surface area contributed by atoms with Crippen molar-refractivity contribution in [3.8, 4) is 0 Å². The zero-order valence-electron chi connectivity index (χ0n) is 11.6. The number of benzene rings is 1. The number of carbonyl (C=O) groups excluding carboxylic acids is 1. The number of halogens is 1. The van der Waals surface area contributed by atoms with E-state index >= 15 is 0 Å². The van der Waals surface area contributed by atoms with Gasteiger partial charge >= 0.3 is 6.09 Å². The second-order valence-corrected chi connectivity index (χ2v) is 5.87. The van der Waals surface area contributed by atoms with Crippen molar-refractivity contribution in [2.45, 2.75) is 45.4 Å².